The molecule has 2 heterocycles. The number of carbonyl (C=O) groups excluding carboxylic acids is 1. The summed E-state index contributed by atoms with van der Waals surface area (Å²) in [5.41, 5.74) is 5.98. The van der Waals surface area contributed by atoms with E-state index < -0.39 is 0 Å². The summed E-state index contributed by atoms with van der Waals surface area (Å²) in [5.74, 6) is 0.361. The van der Waals surface area contributed by atoms with E-state index in [0.717, 1.165) is 52.2 Å². The van der Waals surface area contributed by atoms with Crippen molar-refractivity contribution in [3.63, 3.8) is 0 Å². The van der Waals surface area contributed by atoms with Crippen LogP contribution in [0.3, 0.4) is 0 Å². The smallest absolute Gasteiger partial charge is 0.256 e. The number of benzene rings is 2. The van der Waals surface area contributed by atoms with Crippen LogP contribution in [0.25, 0.3) is 16.6 Å². The molecule has 4 aromatic rings. The number of hydrogen-bond acceptors (Lipinski definition) is 3. The lowest BCUT2D eigenvalue weighted by atomic mass is 10.1. The van der Waals surface area contributed by atoms with Gasteiger partial charge in [0.25, 0.3) is 5.91 Å². The van der Waals surface area contributed by atoms with Crippen molar-refractivity contribution in [2.75, 3.05) is 5.32 Å². The SMILES string of the molecule is Cc1nn(-c2ccccc2)c(C)c1NC(=O)c1cc(C2CC2)nc2ccccc12. The number of amides is 1. The number of rotatable bonds is 4. The summed E-state index contributed by atoms with van der Waals surface area (Å²) >= 11 is 0. The molecular formula is C24H22N4O. The number of aryl methyl sites for hydroxylation is 1. The van der Waals surface area contributed by atoms with Crippen molar-refractivity contribution in [3.8, 4) is 5.69 Å². The van der Waals surface area contributed by atoms with Gasteiger partial charge in [-0.15, -0.1) is 0 Å². The Kier molecular flexibility index (Phi) is 4.16. The number of hydrogen-bond donors (Lipinski definition) is 1. The van der Waals surface area contributed by atoms with E-state index in [0.29, 0.717) is 11.5 Å². The molecule has 1 fully saturated rings. The minimum atomic E-state index is -0.121. The van der Waals surface area contributed by atoms with Crippen LogP contribution in [0.15, 0.2) is 60.7 Å². The monoisotopic (exact) mass is 382 g/mol. The molecular weight excluding hydrogens is 360 g/mol. The van der Waals surface area contributed by atoms with E-state index in [9.17, 15) is 4.79 Å². The van der Waals surface area contributed by atoms with E-state index in [4.69, 9.17) is 4.98 Å². The highest BCUT2D eigenvalue weighted by Crippen LogP contribution is 2.40. The molecule has 0 spiro atoms. The Morgan fingerprint density at radius 2 is 1.76 bits per heavy atom. The molecule has 1 N–H and O–H groups in total. The van der Waals surface area contributed by atoms with Gasteiger partial charge in [0, 0.05) is 17.0 Å². The average molecular weight is 382 g/mol. The number of anilines is 1. The normalized spacial score (nSPS) is 13.6. The van der Waals surface area contributed by atoms with Crippen molar-refractivity contribution in [1.82, 2.24) is 14.8 Å². The first kappa shape index (κ1) is 17.6. The second-order valence-electron chi connectivity index (χ2n) is 7.63. The van der Waals surface area contributed by atoms with E-state index in [2.05, 4.69) is 10.4 Å². The highest BCUT2D eigenvalue weighted by Gasteiger charge is 2.27. The quantitative estimate of drug-likeness (QED) is 0.530. The summed E-state index contributed by atoms with van der Waals surface area (Å²) in [5, 5.41) is 8.62. The summed E-state index contributed by atoms with van der Waals surface area (Å²) in [4.78, 5) is 18.1. The van der Waals surface area contributed by atoms with Crippen LogP contribution in [-0.2, 0) is 0 Å². The molecule has 0 aliphatic heterocycles. The third-order valence-corrected chi connectivity index (χ3v) is 5.51. The minimum Gasteiger partial charge on any atom is -0.319 e. The van der Waals surface area contributed by atoms with Crippen molar-refractivity contribution in [3.05, 3.63) is 83.3 Å². The van der Waals surface area contributed by atoms with E-state index in [1.165, 1.54) is 0 Å². The van der Waals surface area contributed by atoms with Crippen molar-refractivity contribution in [2.45, 2.75) is 32.6 Å². The number of carbonyl (C=O) groups is 1. The van der Waals surface area contributed by atoms with E-state index in [1.54, 1.807) is 0 Å². The van der Waals surface area contributed by atoms with Crippen LogP contribution < -0.4 is 5.32 Å². The van der Waals surface area contributed by atoms with E-state index >= 15 is 0 Å². The Balaban J connectivity index is 1.54. The van der Waals surface area contributed by atoms with Crippen LogP contribution in [0.4, 0.5) is 5.69 Å². The summed E-state index contributed by atoms with van der Waals surface area (Å²) in [6, 6.07) is 19.7. The lowest BCUT2D eigenvalue weighted by Crippen LogP contribution is -2.14. The van der Waals surface area contributed by atoms with Gasteiger partial charge in [0.2, 0.25) is 0 Å². The molecule has 0 saturated heterocycles. The van der Waals surface area contributed by atoms with Gasteiger partial charge < -0.3 is 5.32 Å². The van der Waals surface area contributed by atoms with Crippen LogP contribution in [0.2, 0.25) is 0 Å². The van der Waals surface area contributed by atoms with Gasteiger partial charge >= 0.3 is 0 Å². The highest BCUT2D eigenvalue weighted by molar-refractivity contribution is 6.12. The van der Waals surface area contributed by atoms with Gasteiger partial charge in [0.1, 0.15) is 0 Å². The van der Waals surface area contributed by atoms with E-state index in [1.807, 2.05) is 79.2 Å². The van der Waals surface area contributed by atoms with Gasteiger partial charge in [-0.2, -0.15) is 5.10 Å². The van der Waals surface area contributed by atoms with Gasteiger partial charge in [0.15, 0.2) is 0 Å². The van der Waals surface area contributed by atoms with Crippen LogP contribution in [0.5, 0.6) is 0 Å². The highest BCUT2D eigenvalue weighted by atomic mass is 16.1. The second-order valence-corrected chi connectivity index (χ2v) is 7.63. The fourth-order valence-corrected chi connectivity index (χ4v) is 3.80. The summed E-state index contributed by atoms with van der Waals surface area (Å²) in [6.07, 6.45) is 2.29. The lowest BCUT2D eigenvalue weighted by Gasteiger charge is -2.11. The van der Waals surface area contributed by atoms with Crippen LogP contribution in [-0.4, -0.2) is 20.7 Å². The van der Waals surface area contributed by atoms with Gasteiger partial charge in [-0.05, 0) is 51.0 Å². The molecule has 1 aliphatic carbocycles. The topological polar surface area (TPSA) is 59.8 Å². The van der Waals surface area contributed by atoms with Crippen molar-refractivity contribution in [2.24, 2.45) is 0 Å². The van der Waals surface area contributed by atoms with E-state index in [-0.39, 0.29) is 5.91 Å². The molecule has 5 nitrogen and oxygen atoms in total. The molecule has 5 rings (SSSR count). The van der Waals surface area contributed by atoms with Gasteiger partial charge in [0.05, 0.1) is 33.8 Å². The molecule has 1 saturated carbocycles. The number of nitrogens with zero attached hydrogens (tertiary/aromatic N) is 3. The summed E-state index contributed by atoms with van der Waals surface area (Å²) < 4.78 is 1.87. The molecule has 1 amide bonds. The Morgan fingerprint density at radius 1 is 1.03 bits per heavy atom. The number of para-hydroxylation sites is 2. The van der Waals surface area contributed by atoms with Crippen molar-refractivity contribution >= 4 is 22.5 Å². The predicted molar refractivity (Wildman–Crippen MR) is 115 cm³/mol. The maximum Gasteiger partial charge on any atom is 0.256 e. The maximum atomic E-state index is 13.3. The Labute approximate surface area is 169 Å². The zero-order valence-electron chi connectivity index (χ0n) is 16.5. The largest absolute Gasteiger partial charge is 0.319 e. The Bertz CT molecular complexity index is 1220. The van der Waals surface area contributed by atoms with Crippen LogP contribution in [0.1, 0.15) is 46.2 Å². The standard InChI is InChI=1S/C24H22N4O/c1-15-23(16(2)28(27-15)18-8-4-3-5-9-18)26-24(29)20-14-22(17-12-13-17)25-21-11-7-6-10-19(20)21/h3-11,14,17H,12-13H2,1-2H3,(H,26,29). The molecule has 2 aromatic heterocycles. The first-order chi connectivity index (χ1) is 14.1. The molecule has 144 valence electrons. The molecule has 0 radical (unpaired) electrons. The first-order valence-electron chi connectivity index (χ1n) is 9.94. The first-order valence-corrected chi connectivity index (χ1v) is 9.94. The average Bonchev–Trinajstić information content (AvgIpc) is 3.56. The molecule has 0 unspecified atom stereocenters. The van der Waals surface area contributed by atoms with Crippen molar-refractivity contribution < 1.29 is 4.79 Å². The minimum absolute atomic E-state index is 0.121. The number of aromatic nitrogens is 3. The number of nitrogens with one attached hydrogen (secondary N) is 1. The molecule has 0 atom stereocenters. The molecule has 1 aliphatic rings. The van der Waals surface area contributed by atoms with Gasteiger partial charge in [-0.3, -0.25) is 9.78 Å². The maximum absolute atomic E-state index is 13.3. The fourth-order valence-electron chi connectivity index (χ4n) is 3.80. The van der Waals surface area contributed by atoms with Crippen LogP contribution in [0, 0.1) is 13.8 Å². The molecule has 0 bridgehead atoms. The van der Waals surface area contributed by atoms with Crippen molar-refractivity contribution in [1.29, 1.82) is 0 Å². The second kappa shape index (κ2) is 6.85. The molecule has 2 aromatic carbocycles. The van der Waals surface area contributed by atoms with Gasteiger partial charge in [-0.1, -0.05) is 36.4 Å². The molecule has 29 heavy (non-hydrogen) atoms. The zero-order chi connectivity index (χ0) is 20.0. The lowest BCUT2D eigenvalue weighted by molar-refractivity contribution is 0.102. The number of pyridine rings is 1. The predicted octanol–water partition coefficient (Wildman–Crippen LogP) is 5.17. The molecule has 5 heteroatoms. The van der Waals surface area contributed by atoms with Crippen LogP contribution >= 0.6 is 0 Å². The fraction of sp³-hybridized carbons (Fsp3) is 0.208. The Hall–Kier alpha value is -3.47. The third-order valence-electron chi connectivity index (χ3n) is 5.51. The summed E-state index contributed by atoms with van der Waals surface area (Å²) in [7, 11) is 0. The van der Waals surface area contributed by atoms with Gasteiger partial charge in [-0.25, -0.2) is 4.68 Å². The summed E-state index contributed by atoms with van der Waals surface area (Å²) in [6.45, 7) is 3.89. The Morgan fingerprint density at radius 3 is 2.52 bits per heavy atom. The number of fused-ring (bicyclic) bond motifs is 1. The zero-order valence-corrected chi connectivity index (χ0v) is 16.5. The third kappa shape index (κ3) is 3.18.